The summed E-state index contributed by atoms with van der Waals surface area (Å²) in [6, 6.07) is 0. The van der Waals surface area contributed by atoms with E-state index in [0.29, 0.717) is 0 Å². The van der Waals surface area contributed by atoms with E-state index in [9.17, 15) is 4.79 Å². The van der Waals surface area contributed by atoms with Crippen molar-refractivity contribution in [3.63, 3.8) is 0 Å². The van der Waals surface area contributed by atoms with E-state index in [0.717, 1.165) is 38.4 Å². The first-order chi connectivity index (χ1) is 9.17. The van der Waals surface area contributed by atoms with Crippen molar-refractivity contribution in [3.05, 3.63) is 0 Å². The topological polar surface area (TPSA) is 23.6 Å². The van der Waals surface area contributed by atoms with Gasteiger partial charge in [0.1, 0.15) is 6.29 Å². The molecule has 0 radical (unpaired) electrons. The summed E-state index contributed by atoms with van der Waals surface area (Å²) in [7, 11) is 0. The molecule has 0 aromatic carbocycles. The van der Waals surface area contributed by atoms with Gasteiger partial charge < -0.3 is 9.69 Å². The summed E-state index contributed by atoms with van der Waals surface area (Å²) in [4.78, 5) is 16.7. The molecule has 0 N–H and O–H groups in total. The van der Waals surface area contributed by atoms with Crippen molar-refractivity contribution in [2.75, 3.05) is 39.3 Å². The van der Waals surface area contributed by atoms with Gasteiger partial charge >= 0.3 is 0 Å². The zero-order valence-corrected chi connectivity index (χ0v) is 12.7. The third kappa shape index (κ3) is 4.03. The molecule has 2 unspecified atom stereocenters. The normalized spacial score (nSPS) is 34.3. The molecule has 2 fully saturated rings. The van der Waals surface area contributed by atoms with E-state index in [2.05, 4.69) is 23.6 Å². The van der Waals surface area contributed by atoms with Crippen molar-refractivity contribution < 1.29 is 4.79 Å². The second kappa shape index (κ2) is 6.85. The van der Waals surface area contributed by atoms with Gasteiger partial charge in [-0.05, 0) is 31.7 Å². The minimum absolute atomic E-state index is 0.0371. The maximum Gasteiger partial charge on any atom is 0.127 e. The van der Waals surface area contributed by atoms with Crippen LogP contribution in [0.3, 0.4) is 0 Å². The number of hydrogen-bond donors (Lipinski definition) is 0. The molecule has 3 heteroatoms. The highest BCUT2D eigenvalue weighted by molar-refractivity contribution is 5.60. The van der Waals surface area contributed by atoms with Crippen molar-refractivity contribution >= 4 is 6.29 Å². The lowest BCUT2D eigenvalue weighted by molar-refractivity contribution is -0.120. The van der Waals surface area contributed by atoms with E-state index in [1.807, 2.05) is 0 Å². The summed E-state index contributed by atoms with van der Waals surface area (Å²) in [6.45, 7) is 11.4. The number of hydrogen-bond acceptors (Lipinski definition) is 3. The highest BCUT2D eigenvalue weighted by Gasteiger charge is 2.36. The Morgan fingerprint density at radius 2 is 1.89 bits per heavy atom. The summed E-state index contributed by atoms with van der Waals surface area (Å²) in [5, 5.41) is 0. The predicted octanol–water partition coefficient (Wildman–Crippen LogP) is 2.41. The minimum atomic E-state index is -0.0371. The first-order valence-corrected chi connectivity index (χ1v) is 8.08. The number of carbonyl (C=O) groups is 1. The summed E-state index contributed by atoms with van der Waals surface area (Å²) in [5.74, 6) is 0.723. The Hall–Kier alpha value is -0.410. The third-order valence-electron chi connectivity index (χ3n) is 4.92. The Morgan fingerprint density at radius 3 is 2.47 bits per heavy atom. The molecule has 2 rings (SSSR count). The first-order valence-electron chi connectivity index (χ1n) is 8.08. The number of rotatable bonds is 5. The Bertz CT molecular complexity index is 286. The highest BCUT2D eigenvalue weighted by atomic mass is 16.1. The molecule has 19 heavy (non-hydrogen) atoms. The third-order valence-corrected chi connectivity index (χ3v) is 4.92. The number of aldehydes is 1. The minimum Gasteiger partial charge on any atom is -0.303 e. The van der Waals surface area contributed by atoms with Crippen LogP contribution in [0.2, 0.25) is 0 Å². The van der Waals surface area contributed by atoms with Gasteiger partial charge in [0.05, 0.1) is 0 Å². The molecule has 1 saturated heterocycles. The van der Waals surface area contributed by atoms with Gasteiger partial charge in [0.2, 0.25) is 0 Å². The van der Waals surface area contributed by atoms with Crippen molar-refractivity contribution in [2.45, 2.75) is 46.0 Å². The molecule has 1 saturated carbocycles. The van der Waals surface area contributed by atoms with Crippen LogP contribution in [-0.4, -0.2) is 55.4 Å². The highest BCUT2D eigenvalue weighted by Crippen LogP contribution is 2.38. The van der Waals surface area contributed by atoms with E-state index in [1.54, 1.807) is 0 Å². The average molecular weight is 266 g/mol. The van der Waals surface area contributed by atoms with E-state index >= 15 is 0 Å². The quantitative estimate of drug-likeness (QED) is 0.714. The van der Waals surface area contributed by atoms with E-state index in [1.165, 1.54) is 45.2 Å². The predicted molar refractivity (Wildman–Crippen MR) is 79.3 cm³/mol. The second-order valence-electron chi connectivity index (χ2n) is 6.80. The van der Waals surface area contributed by atoms with Crippen LogP contribution in [0.5, 0.6) is 0 Å². The Morgan fingerprint density at radius 1 is 1.21 bits per heavy atom. The second-order valence-corrected chi connectivity index (χ2v) is 6.80. The smallest absolute Gasteiger partial charge is 0.127 e. The van der Waals surface area contributed by atoms with Crippen LogP contribution in [0.1, 0.15) is 46.0 Å². The molecule has 0 bridgehead atoms. The monoisotopic (exact) mass is 266 g/mol. The van der Waals surface area contributed by atoms with Crippen LogP contribution in [0, 0.1) is 11.3 Å². The van der Waals surface area contributed by atoms with Gasteiger partial charge in [0, 0.05) is 38.1 Å². The van der Waals surface area contributed by atoms with Crippen LogP contribution in [-0.2, 0) is 4.79 Å². The Labute approximate surface area is 118 Å². The molecule has 2 atom stereocenters. The van der Waals surface area contributed by atoms with Gasteiger partial charge in [-0.3, -0.25) is 4.90 Å². The van der Waals surface area contributed by atoms with Crippen LogP contribution in [0.4, 0.5) is 0 Å². The molecular weight excluding hydrogens is 236 g/mol. The summed E-state index contributed by atoms with van der Waals surface area (Å²) < 4.78 is 0. The Balaban J connectivity index is 1.84. The lowest BCUT2D eigenvalue weighted by atomic mass is 9.70. The van der Waals surface area contributed by atoms with Crippen LogP contribution < -0.4 is 0 Å². The van der Waals surface area contributed by atoms with E-state index < -0.39 is 0 Å². The van der Waals surface area contributed by atoms with Gasteiger partial charge in [-0.25, -0.2) is 0 Å². The summed E-state index contributed by atoms with van der Waals surface area (Å²) in [6.07, 6.45) is 7.27. The molecule has 0 amide bonds. The van der Waals surface area contributed by atoms with E-state index in [-0.39, 0.29) is 5.41 Å². The van der Waals surface area contributed by atoms with Gasteiger partial charge in [0.25, 0.3) is 0 Å². The molecule has 2 aliphatic rings. The maximum absolute atomic E-state index is 11.6. The van der Waals surface area contributed by atoms with Crippen LogP contribution >= 0.6 is 0 Å². The number of carbonyl (C=O) groups excluding carboxylic acids is 1. The van der Waals surface area contributed by atoms with Crippen LogP contribution in [0.15, 0.2) is 0 Å². The van der Waals surface area contributed by atoms with Crippen molar-refractivity contribution in [1.29, 1.82) is 0 Å². The van der Waals surface area contributed by atoms with Gasteiger partial charge in [-0.1, -0.05) is 26.7 Å². The largest absolute Gasteiger partial charge is 0.303 e. The Kier molecular flexibility index (Phi) is 5.40. The molecule has 1 aliphatic heterocycles. The van der Waals surface area contributed by atoms with Crippen LogP contribution in [0.25, 0.3) is 0 Å². The lowest BCUT2D eigenvalue weighted by Gasteiger charge is -2.42. The van der Waals surface area contributed by atoms with Gasteiger partial charge in [-0.15, -0.1) is 0 Å². The van der Waals surface area contributed by atoms with Gasteiger partial charge in [-0.2, -0.15) is 0 Å². The molecule has 110 valence electrons. The zero-order chi connectivity index (χ0) is 13.7. The zero-order valence-electron chi connectivity index (χ0n) is 12.7. The molecule has 0 spiro atoms. The molecule has 3 nitrogen and oxygen atoms in total. The SMILES string of the molecule is CCCN1CCN(CC2(C=O)CCCC(C)C2)CC1. The van der Waals surface area contributed by atoms with Crippen molar-refractivity contribution in [1.82, 2.24) is 9.80 Å². The lowest BCUT2D eigenvalue weighted by Crippen LogP contribution is -2.51. The van der Waals surface area contributed by atoms with Gasteiger partial charge in [0.15, 0.2) is 0 Å². The molecule has 0 aromatic rings. The fraction of sp³-hybridized carbons (Fsp3) is 0.938. The standard InChI is InChI=1S/C16H30N2O/c1-3-7-17-8-10-18(11-9-17)13-16(14-19)6-4-5-15(2)12-16/h14-15H,3-13H2,1-2H3. The fourth-order valence-corrected chi connectivity index (χ4v) is 3.92. The fourth-order valence-electron chi connectivity index (χ4n) is 3.92. The molecular formula is C16H30N2O. The summed E-state index contributed by atoms with van der Waals surface area (Å²) in [5.41, 5.74) is -0.0371. The number of nitrogens with zero attached hydrogens (tertiary/aromatic N) is 2. The molecule has 1 aliphatic carbocycles. The van der Waals surface area contributed by atoms with Crippen molar-refractivity contribution in [3.8, 4) is 0 Å². The summed E-state index contributed by atoms with van der Waals surface area (Å²) >= 11 is 0. The molecule has 1 heterocycles. The molecule has 0 aromatic heterocycles. The van der Waals surface area contributed by atoms with E-state index in [4.69, 9.17) is 0 Å². The maximum atomic E-state index is 11.6. The first kappa shape index (κ1) is 15.0. The number of piperazine rings is 1. The average Bonchev–Trinajstić information content (AvgIpc) is 2.41. The van der Waals surface area contributed by atoms with Crippen molar-refractivity contribution in [2.24, 2.45) is 11.3 Å².